The van der Waals surface area contributed by atoms with Gasteiger partial charge >= 0.3 is 0 Å². The van der Waals surface area contributed by atoms with Gasteiger partial charge in [0.15, 0.2) is 5.78 Å². The number of morpholine rings is 1. The van der Waals surface area contributed by atoms with Gasteiger partial charge in [-0.3, -0.25) is 14.5 Å². The maximum absolute atomic E-state index is 13.1. The Labute approximate surface area is 159 Å². The fraction of sp³-hybridized carbons (Fsp3) is 0.700. The first-order valence-corrected chi connectivity index (χ1v) is 10.8. The smallest absolute Gasteiger partial charge is 0.237 e. The van der Waals surface area contributed by atoms with Crippen molar-refractivity contribution in [2.45, 2.75) is 63.1 Å². The number of carbonyl (C=O) groups excluding carboxylic acids is 2. The number of ether oxygens (including phenoxy) is 1. The van der Waals surface area contributed by atoms with Crippen LogP contribution in [0.3, 0.4) is 0 Å². The largest absolute Gasteiger partial charge is 0.378 e. The summed E-state index contributed by atoms with van der Waals surface area (Å²) in [5.41, 5.74) is 0. The molecule has 2 aliphatic carbocycles. The normalized spacial score (nSPS) is 24.7. The lowest BCUT2D eigenvalue weighted by Crippen LogP contribution is -2.52. The van der Waals surface area contributed by atoms with Crippen LogP contribution in [-0.4, -0.2) is 65.9 Å². The Kier molecular flexibility index (Phi) is 5.72. The van der Waals surface area contributed by atoms with Crippen molar-refractivity contribution in [3.05, 3.63) is 22.4 Å². The van der Waals surface area contributed by atoms with Crippen molar-refractivity contribution in [1.29, 1.82) is 0 Å². The minimum Gasteiger partial charge on any atom is -0.378 e. The third-order valence-electron chi connectivity index (χ3n) is 5.85. The molecule has 1 aliphatic heterocycles. The molecule has 0 radical (unpaired) electrons. The topological polar surface area (TPSA) is 49.9 Å². The van der Waals surface area contributed by atoms with Gasteiger partial charge in [-0.15, -0.1) is 11.3 Å². The molecule has 3 fully saturated rings. The number of thiophene rings is 1. The van der Waals surface area contributed by atoms with E-state index in [1.165, 1.54) is 24.2 Å². The zero-order valence-corrected chi connectivity index (χ0v) is 16.1. The van der Waals surface area contributed by atoms with Crippen molar-refractivity contribution in [1.82, 2.24) is 9.80 Å². The quantitative estimate of drug-likeness (QED) is 0.687. The van der Waals surface area contributed by atoms with Gasteiger partial charge in [0.25, 0.3) is 0 Å². The molecule has 1 aromatic heterocycles. The third kappa shape index (κ3) is 4.18. The van der Waals surface area contributed by atoms with Gasteiger partial charge in [0.05, 0.1) is 24.6 Å². The highest BCUT2D eigenvalue weighted by molar-refractivity contribution is 7.12. The van der Waals surface area contributed by atoms with E-state index in [2.05, 4.69) is 9.80 Å². The molecule has 5 nitrogen and oxygen atoms in total. The van der Waals surface area contributed by atoms with Crippen LogP contribution in [0.5, 0.6) is 0 Å². The minimum absolute atomic E-state index is 0.00642. The van der Waals surface area contributed by atoms with Gasteiger partial charge in [-0.1, -0.05) is 18.9 Å². The minimum atomic E-state index is 0.00642. The fourth-order valence-corrected chi connectivity index (χ4v) is 5.01. The molecular weight excluding hydrogens is 348 g/mol. The molecule has 2 heterocycles. The third-order valence-corrected chi connectivity index (χ3v) is 6.76. The maximum atomic E-state index is 13.1. The van der Waals surface area contributed by atoms with Gasteiger partial charge in [-0.2, -0.15) is 0 Å². The molecule has 1 atom stereocenters. The fourth-order valence-electron chi connectivity index (χ4n) is 4.33. The van der Waals surface area contributed by atoms with E-state index in [0.717, 1.165) is 37.1 Å². The van der Waals surface area contributed by atoms with E-state index in [9.17, 15) is 9.59 Å². The second-order valence-electron chi connectivity index (χ2n) is 7.77. The summed E-state index contributed by atoms with van der Waals surface area (Å²) in [4.78, 5) is 30.8. The highest BCUT2D eigenvalue weighted by Crippen LogP contribution is 2.34. The maximum Gasteiger partial charge on any atom is 0.237 e. The van der Waals surface area contributed by atoms with E-state index >= 15 is 0 Å². The summed E-state index contributed by atoms with van der Waals surface area (Å²) in [7, 11) is 0. The molecule has 3 aliphatic rings. The van der Waals surface area contributed by atoms with E-state index < -0.39 is 0 Å². The molecule has 1 aromatic rings. The standard InChI is InChI=1S/C20H28N2O3S/c23-18(19-6-3-11-26-19)12-17-14-25-10-9-21(17)13-20(24)22(16-7-8-16)15-4-1-2-5-15/h3,6,11,15-17H,1-2,4-5,7-10,12-14H2. The summed E-state index contributed by atoms with van der Waals surface area (Å²) >= 11 is 1.48. The molecule has 1 saturated heterocycles. The second-order valence-corrected chi connectivity index (χ2v) is 8.72. The lowest BCUT2D eigenvalue weighted by molar-refractivity contribution is -0.137. The van der Waals surface area contributed by atoms with Gasteiger partial charge in [0, 0.05) is 31.1 Å². The summed E-state index contributed by atoms with van der Waals surface area (Å²) in [6, 6.07) is 4.71. The average molecular weight is 377 g/mol. The Balaban J connectivity index is 1.39. The molecule has 6 heteroatoms. The van der Waals surface area contributed by atoms with E-state index in [0.29, 0.717) is 38.3 Å². The lowest BCUT2D eigenvalue weighted by Gasteiger charge is -2.37. The Morgan fingerprint density at radius 2 is 1.96 bits per heavy atom. The molecule has 0 bridgehead atoms. The first-order valence-electron chi connectivity index (χ1n) is 9.92. The molecule has 142 valence electrons. The van der Waals surface area contributed by atoms with Gasteiger partial charge in [0.1, 0.15) is 0 Å². The van der Waals surface area contributed by atoms with Crippen molar-refractivity contribution >= 4 is 23.0 Å². The summed E-state index contributed by atoms with van der Waals surface area (Å²) in [6.07, 6.45) is 7.56. The number of amides is 1. The molecule has 0 aromatic carbocycles. The predicted octanol–water partition coefficient (Wildman–Crippen LogP) is 2.96. The van der Waals surface area contributed by atoms with Crippen LogP contribution in [-0.2, 0) is 9.53 Å². The van der Waals surface area contributed by atoms with Crippen molar-refractivity contribution < 1.29 is 14.3 Å². The molecule has 0 N–H and O–H groups in total. The van der Waals surface area contributed by atoms with Crippen LogP contribution in [0, 0.1) is 0 Å². The average Bonchev–Trinajstić information content (AvgIpc) is 3.11. The van der Waals surface area contributed by atoms with Crippen LogP contribution in [0.15, 0.2) is 17.5 Å². The summed E-state index contributed by atoms with van der Waals surface area (Å²) < 4.78 is 5.62. The predicted molar refractivity (Wildman–Crippen MR) is 102 cm³/mol. The zero-order valence-electron chi connectivity index (χ0n) is 15.3. The van der Waals surface area contributed by atoms with Crippen LogP contribution in [0.1, 0.15) is 54.6 Å². The van der Waals surface area contributed by atoms with Crippen molar-refractivity contribution in [2.75, 3.05) is 26.3 Å². The molecular formula is C20H28N2O3S. The second kappa shape index (κ2) is 8.19. The van der Waals surface area contributed by atoms with E-state index in [-0.39, 0.29) is 17.7 Å². The Bertz CT molecular complexity index is 623. The van der Waals surface area contributed by atoms with Crippen LogP contribution < -0.4 is 0 Å². The highest BCUT2D eigenvalue weighted by atomic mass is 32.1. The number of rotatable bonds is 7. The SMILES string of the molecule is O=C(CC1COCCN1CC(=O)N(C1CCCC1)C1CC1)c1cccs1. The summed E-state index contributed by atoms with van der Waals surface area (Å²) in [5, 5.41) is 1.93. The number of carbonyl (C=O) groups is 2. The van der Waals surface area contributed by atoms with Gasteiger partial charge < -0.3 is 9.64 Å². The lowest BCUT2D eigenvalue weighted by atomic mass is 10.1. The summed E-state index contributed by atoms with van der Waals surface area (Å²) in [5.74, 6) is 0.415. The number of hydrogen-bond donors (Lipinski definition) is 0. The molecule has 2 saturated carbocycles. The number of nitrogens with zero attached hydrogens (tertiary/aromatic N) is 2. The molecule has 1 amide bonds. The zero-order chi connectivity index (χ0) is 17.9. The van der Waals surface area contributed by atoms with Crippen molar-refractivity contribution in [2.24, 2.45) is 0 Å². The van der Waals surface area contributed by atoms with Crippen LogP contribution in [0.25, 0.3) is 0 Å². The van der Waals surface area contributed by atoms with Crippen LogP contribution in [0.2, 0.25) is 0 Å². The Morgan fingerprint density at radius 1 is 1.19 bits per heavy atom. The molecule has 1 unspecified atom stereocenters. The molecule has 0 spiro atoms. The first-order chi connectivity index (χ1) is 12.7. The van der Waals surface area contributed by atoms with Crippen molar-refractivity contribution in [3.8, 4) is 0 Å². The van der Waals surface area contributed by atoms with Crippen LogP contribution >= 0.6 is 11.3 Å². The van der Waals surface area contributed by atoms with Gasteiger partial charge in [-0.25, -0.2) is 0 Å². The number of Topliss-reactive ketones (excluding diaryl/α,β-unsaturated/α-hetero) is 1. The van der Waals surface area contributed by atoms with Crippen LogP contribution in [0.4, 0.5) is 0 Å². The summed E-state index contributed by atoms with van der Waals surface area (Å²) in [6.45, 7) is 2.34. The highest BCUT2D eigenvalue weighted by Gasteiger charge is 2.39. The van der Waals surface area contributed by atoms with Crippen molar-refractivity contribution in [3.63, 3.8) is 0 Å². The number of hydrogen-bond acceptors (Lipinski definition) is 5. The number of ketones is 1. The van der Waals surface area contributed by atoms with Gasteiger partial charge in [-0.05, 0) is 37.1 Å². The molecule has 4 rings (SSSR count). The monoisotopic (exact) mass is 376 g/mol. The van der Waals surface area contributed by atoms with E-state index in [1.807, 2.05) is 17.5 Å². The Morgan fingerprint density at radius 3 is 2.65 bits per heavy atom. The van der Waals surface area contributed by atoms with E-state index in [4.69, 9.17) is 4.74 Å². The molecule has 26 heavy (non-hydrogen) atoms. The Hall–Kier alpha value is -1.24. The van der Waals surface area contributed by atoms with E-state index in [1.54, 1.807) is 0 Å². The first kappa shape index (κ1) is 18.1. The van der Waals surface area contributed by atoms with Gasteiger partial charge in [0.2, 0.25) is 5.91 Å².